The number of hydrogen-bond acceptors (Lipinski definition) is 2. The smallest absolute Gasteiger partial charge is 0.308 e. The zero-order chi connectivity index (χ0) is 11.8. The lowest BCUT2D eigenvalue weighted by molar-refractivity contribution is -0.146. The van der Waals surface area contributed by atoms with Crippen molar-refractivity contribution in [1.29, 1.82) is 0 Å². The zero-order valence-electron chi connectivity index (χ0n) is 10.2. The third-order valence-corrected chi connectivity index (χ3v) is 4.34. The van der Waals surface area contributed by atoms with Crippen LogP contribution in [0.15, 0.2) is 0 Å². The van der Waals surface area contributed by atoms with Gasteiger partial charge in [-0.2, -0.15) is 0 Å². The van der Waals surface area contributed by atoms with Crippen molar-refractivity contribution in [2.45, 2.75) is 62.6 Å². The van der Waals surface area contributed by atoms with Gasteiger partial charge in [0.1, 0.15) is 0 Å². The van der Waals surface area contributed by atoms with E-state index >= 15 is 0 Å². The van der Waals surface area contributed by atoms with Gasteiger partial charge in [-0.3, -0.25) is 4.79 Å². The molecule has 1 unspecified atom stereocenters. The van der Waals surface area contributed by atoms with Gasteiger partial charge in [0.2, 0.25) is 0 Å². The van der Waals surface area contributed by atoms with Crippen LogP contribution in [-0.2, 0) is 9.53 Å². The average Bonchev–Trinajstić information content (AvgIpc) is 2.33. The summed E-state index contributed by atoms with van der Waals surface area (Å²) >= 11 is 3.72. The van der Waals surface area contributed by atoms with E-state index in [1.54, 1.807) is 0 Å². The molecule has 0 bridgehead atoms. The van der Waals surface area contributed by atoms with E-state index in [1.807, 2.05) is 0 Å². The second-order valence-corrected chi connectivity index (χ2v) is 6.03. The third-order valence-electron chi connectivity index (χ3n) is 3.42. The van der Waals surface area contributed by atoms with Crippen molar-refractivity contribution < 1.29 is 9.53 Å². The average molecular weight is 291 g/mol. The predicted octanol–water partition coefficient (Wildman–Crippen LogP) is 4.06. The van der Waals surface area contributed by atoms with E-state index in [0.717, 1.165) is 19.3 Å². The van der Waals surface area contributed by atoms with Crippen LogP contribution in [0.1, 0.15) is 57.8 Å². The Morgan fingerprint density at radius 1 is 1.00 bits per heavy atom. The highest BCUT2D eigenvalue weighted by Crippen LogP contribution is 2.24. The topological polar surface area (TPSA) is 26.3 Å². The zero-order valence-corrected chi connectivity index (χ0v) is 11.8. The molecule has 0 saturated heterocycles. The number of halogens is 1. The van der Waals surface area contributed by atoms with Crippen LogP contribution >= 0.6 is 15.9 Å². The maximum Gasteiger partial charge on any atom is 0.308 e. The van der Waals surface area contributed by atoms with Crippen molar-refractivity contribution in [3.8, 4) is 0 Å². The molecule has 0 spiro atoms. The quantitative estimate of drug-likeness (QED) is 0.538. The van der Waals surface area contributed by atoms with Crippen molar-refractivity contribution >= 4 is 21.9 Å². The van der Waals surface area contributed by atoms with Gasteiger partial charge < -0.3 is 4.74 Å². The molecule has 0 amide bonds. The molecule has 0 aromatic carbocycles. The number of ether oxygens (including phenoxy) is 1. The minimum Gasteiger partial charge on any atom is -0.469 e. The van der Waals surface area contributed by atoms with E-state index in [-0.39, 0.29) is 11.9 Å². The van der Waals surface area contributed by atoms with Gasteiger partial charge in [0.25, 0.3) is 0 Å². The van der Waals surface area contributed by atoms with Crippen LogP contribution in [0.2, 0.25) is 0 Å². The normalized spacial score (nSPS) is 29.1. The van der Waals surface area contributed by atoms with Gasteiger partial charge in [-0.25, -0.2) is 0 Å². The molecule has 1 aliphatic rings. The van der Waals surface area contributed by atoms with Crippen LogP contribution in [-0.4, -0.2) is 17.9 Å². The lowest BCUT2D eigenvalue weighted by Crippen LogP contribution is -2.16. The van der Waals surface area contributed by atoms with E-state index in [0.29, 0.717) is 4.83 Å². The number of methoxy groups -OCH3 is 1. The monoisotopic (exact) mass is 290 g/mol. The number of alkyl halides is 1. The molecule has 2 nitrogen and oxygen atoms in total. The summed E-state index contributed by atoms with van der Waals surface area (Å²) in [7, 11) is 1.50. The lowest BCUT2D eigenvalue weighted by atomic mass is 9.95. The van der Waals surface area contributed by atoms with Crippen LogP contribution in [0.3, 0.4) is 0 Å². The summed E-state index contributed by atoms with van der Waals surface area (Å²) in [5, 5.41) is 0. The fraction of sp³-hybridized carbons (Fsp3) is 0.923. The van der Waals surface area contributed by atoms with Crippen molar-refractivity contribution in [3.63, 3.8) is 0 Å². The Morgan fingerprint density at radius 3 is 2.25 bits per heavy atom. The molecule has 0 aliphatic heterocycles. The summed E-state index contributed by atoms with van der Waals surface area (Å²) in [5.74, 6) is 0.133. The number of carbonyl (C=O) groups is 1. The molecule has 1 fully saturated rings. The number of hydrogen-bond donors (Lipinski definition) is 0. The van der Waals surface area contributed by atoms with Gasteiger partial charge in [-0.15, -0.1) is 0 Å². The lowest BCUT2D eigenvalue weighted by Gasteiger charge is -2.14. The predicted molar refractivity (Wildman–Crippen MR) is 69.8 cm³/mol. The molecule has 2 atom stereocenters. The van der Waals surface area contributed by atoms with Crippen LogP contribution in [0.25, 0.3) is 0 Å². The molecule has 0 radical (unpaired) electrons. The van der Waals surface area contributed by atoms with Gasteiger partial charge in [-0.1, -0.05) is 48.0 Å². The highest BCUT2D eigenvalue weighted by Gasteiger charge is 2.19. The van der Waals surface area contributed by atoms with Gasteiger partial charge in [-0.05, 0) is 25.7 Å². The Balaban J connectivity index is 2.42. The fourth-order valence-electron chi connectivity index (χ4n) is 2.39. The van der Waals surface area contributed by atoms with Gasteiger partial charge in [0.05, 0.1) is 13.0 Å². The second-order valence-electron chi connectivity index (χ2n) is 4.74. The molecule has 0 aromatic rings. The molecule has 1 aliphatic carbocycles. The largest absolute Gasteiger partial charge is 0.469 e. The first-order chi connectivity index (χ1) is 7.74. The van der Waals surface area contributed by atoms with E-state index in [9.17, 15) is 4.79 Å². The van der Waals surface area contributed by atoms with Gasteiger partial charge in [0, 0.05) is 4.83 Å². The highest BCUT2D eigenvalue weighted by atomic mass is 79.9. The van der Waals surface area contributed by atoms with Gasteiger partial charge in [0.15, 0.2) is 0 Å². The minimum atomic E-state index is -0.00892. The first-order valence-corrected chi connectivity index (χ1v) is 7.37. The second kappa shape index (κ2) is 8.10. The van der Waals surface area contributed by atoms with Crippen LogP contribution in [0.4, 0.5) is 0 Å². The molecule has 0 N–H and O–H groups in total. The Morgan fingerprint density at radius 2 is 1.56 bits per heavy atom. The summed E-state index contributed by atoms with van der Waals surface area (Å²) in [6.07, 6.45) is 10.7. The maximum atomic E-state index is 11.6. The molecule has 3 heteroatoms. The molecular weight excluding hydrogens is 268 g/mol. The Labute approximate surface area is 107 Å². The van der Waals surface area contributed by atoms with E-state index in [2.05, 4.69) is 15.9 Å². The molecule has 1 rings (SSSR count). The summed E-state index contributed by atoms with van der Waals surface area (Å²) in [6, 6.07) is 0. The summed E-state index contributed by atoms with van der Waals surface area (Å²) < 4.78 is 4.87. The number of carbonyl (C=O) groups excluding carboxylic acids is 1. The third kappa shape index (κ3) is 5.33. The Kier molecular flexibility index (Phi) is 7.10. The first-order valence-electron chi connectivity index (χ1n) is 6.46. The fourth-order valence-corrected chi connectivity index (χ4v) is 3.03. The van der Waals surface area contributed by atoms with Crippen molar-refractivity contribution in [3.05, 3.63) is 0 Å². The maximum absolute atomic E-state index is 11.6. The van der Waals surface area contributed by atoms with Crippen molar-refractivity contribution in [2.24, 2.45) is 5.92 Å². The summed E-state index contributed by atoms with van der Waals surface area (Å²) in [4.78, 5) is 12.2. The van der Waals surface area contributed by atoms with Crippen LogP contribution < -0.4 is 0 Å². The molecule has 0 heterocycles. The SMILES string of the molecule is COC(=O)[C@@H]1CCCCCCC(Br)CCC1. The van der Waals surface area contributed by atoms with E-state index in [4.69, 9.17) is 4.74 Å². The van der Waals surface area contributed by atoms with Crippen LogP contribution in [0, 0.1) is 5.92 Å². The molecular formula is C13H23BrO2. The molecule has 1 saturated carbocycles. The first kappa shape index (κ1) is 14.0. The van der Waals surface area contributed by atoms with Crippen molar-refractivity contribution in [2.75, 3.05) is 7.11 Å². The van der Waals surface area contributed by atoms with E-state index in [1.165, 1.54) is 45.6 Å². The minimum absolute atomic E-state index is 0.00892. The summed E-state index contributed by atoms with van der Waals surface area (Å²) in [6.45, 7) is 0. The van der Waals surface area contributed by atoms with E-state index < -0.39 is 0 Å². The highest BCUT2D eigenvalue weighted by molar-refractivity contribution is 9.09. The molecule has 0 aromatic heterocycles. The van der Waals surface area contributed by atoms with Crippen LogP contribution in [0.5, 0.6) is 0 Å². The molecule has 94 valence electrons. The molecule has 16 heavy (non-hydrogen) atoms. The van der Waals surface area contributed by atoms with Crippen molar-refractivity contribution in [1.82, 2.24) is 0 Å². The number of esters is 1. The summed E-state index contributed by atoms with van der Waals surface area (Å²) in [5.41, 5.74) is 0. The Hall–Kier alpha value is -0.0500. The number of rotatable bonds is 1. The van der Waals surface area contributed by atoms with Gasteiger partial charge >= 0.3 is 5.97 Å². The standard InChI is InChI=1S/C13H23BrO2/c1-16-13(15)11-7-4-2-3-5-9-12(14)10-6-8-11/h11-12H,2-10H2,1H3/t11-,12?/m1/s1. The Bertz CT molecular complexity index is 206.